The van der Waals surface area contributed by atoms with E-state index in [1.807, 2.05) is 38.1 Å². The highest BCUT2D eigenvalue weighted by Crippen LogP contribution is 2.11. The van der Waals surface area contributed by atoms with Gasteiger partial charge in [0.1, 0.15) is 12.4 Å². The second-order valence-electron chi connectivity index (χ2n) is 4.49. The van der Waals surface area contributed by atoms with Crippen LogP contribution in [-0.4, -0.2) is 44.2 Å². The molecule has 0 aliphatic rings. The van der Waals surface area contributed by atoms with Crippen molar-refractivity contribution in [3.8, 4) is 17.6 Å². The standard InChI is InChI=1S/C17H24O4/c1-3-19-14-15(2)20-12-13-21-17-9-7-16(8-10-17)6-4-5-11-18/h7-10,15,18H,3,5,11-14H2,1-2H3. The first-order valence-electron chi connectivity index (χ1n) is 7.28. The van der Waals surface area contributed by atoms with Crippen molar-refractivity contribution in [3.05, 3.63) is 29.8 Å². The van der Waals surface area contributed by atoms with Gasteiger partial charge in [-0.25, -0.2) is 0 Å². The molecule has 0 bridgehead atoms. The fourth-order valence-electron chi connectivity index (χ4n) is 1.60. The Bertz CT molecular complexity index is 430. The summed E-state index contributed by atoms with van der Waals surface area (Å²) in [7, 11) is 0. The third-order valence-electron chi connectivity index (χ3n) is 2.63. The Labute approximate surface area is 127 Å². The predicted molar refractivity (Wildman–Crippen MR) is 82.4 cm³/mol. The van der Waals surface area contributed by atoms with Crippen LogP contribution in [0.2, 0.25) is 0 Å². The van der Waals surface area contributed by atoms with E-state index in [9.17, 15) is 0 Å². The quantitative estimate of drug-likeness (QED) is 0.560. The van der Waals surface area contributed by atoms with E-state index < -0.39 is 0 Å². The minimum Gasteiger partial charge on any atom is -0.491 e. The molecule has 0 saturated heterocycles. The van der Waals surface area contributed by atoms with Crippen molar-refractivity contribution in [1.29, 1.82) is 0 Å². The first-order valence-corrected chi connectivity index (χ1v) is 7.28. The van der Waals surface area contributed by atoms with Gasteiger partial charge in [-0.15, -0.1) is 0 Å². The highest BCUT2D eigenvalue weighted by atomic mass is 16.5. The van der Waals surface area contributed by atoms with Gasteiger partial charge >= 0.3 is 0 Å². The average Bonchev–Trinajstić information content (AvgIpc) is 2.51. The number of rotatable bonds is 9. The van der Waals surface area contributed by atoms with Crippen molar-refractivity contribution in [3.63, 3.8) is 0 Å². The van der Waals surface area contributed by atoms with Crippen LogP contribution in [0.1, 0.15) is 25.8 Å². The van der Waals surface area contributed by atoms with E-state index in [2.05, 4.69) is 11.8 Å². The number of hydrogen-bond acceptors (Lipinski definition) is 4. The SMILES string of the molecule is CCOCC(C)OCCOc1ccc(C#CCCO)cc1. The maximum atomic E-state index is 8.65. The van der Waals surface area contributed by atoms with Crippen molar-refractivity contribution < 1.29 is 19.3 Å². The number of aliphatic hydroxyl groups is 1. The molecule has 1 rings (SSSR count). The smallest absolute Gasteiger partial charge is 0.119 e. The molecule has 0 spiro atoms. The van der Waals surface area contributed by atoms with Gasteiger partial charge in [0.15, 0.2) is 0 Å². The second-order valence-corrected chi connectivity index (χ2v) is 4.49. The van der Waals surface area contributed by atoms with E-state index >= 15 is 0 Å². The molecule has 1 unspecified atom stereocenters. The third-order valence-corrected chi connectivity index (χ3v) is 2.63. The number of hydrogen-bond donors (Lipinski definition) is 1. The summed E-state index contributed by atoms with van der Waals surface area (Å²) >= 11 is 0. The lowest BCUT2D eigenvalue weighted by Gasteiger charge is -2.13. The van der Waals surface area contributed by atoms with Gasteiger partial charge in [-0.2, -0.15) is 0 Å². The zero-order valence-corrected chi connectivity index (χ0v) is 12.8. The summed E-state index contributed by atoms with van der Waals surface area (Å²) in [6, 6.07) is 7.57. The van der Waals surface area contributed by atoms with Gasteiger partial charge < -0.3 is 19.3 Å². The molecule has 116 valence electrons. The monoisotopic (exact) mass is 292 g/mol. The van der Waals surface area contributed by atoms with Crippen LogP contribution in [0.3, 0.4) is 0 Å². The fourth-order valence-corrected chi connectivity index (χ4v) is 1.60. The lowest BCUT2D eigenvalue weighted by molar-refractivity contribution is -0.0128. The van der Waals surface area contributed by atoms with Gasteiger partial charge in [-0.3, -0.25) is 0 Å². The molecule has 0 aliphatic heterocycles. The minimum atomic E-state index is 0.0812. The molecule has 0 aromatic heterocycles. The van der Waals surface area contributed by atoms with Crippen molar-refractivity contribution in [1.82, 2.24) is 0 Å². The molecule has 0 aliphatic carbocycles. The summed E-state index contributed by atoms with van der Waals surface area (Å²) in [6.45, 7) is 6.40. The Balaban J connectivity index is 2.22. The fraction of sp³-hybridized carbons (Fsp3) is 0.529. The van der Waals surface area contributed by atoms with E-state index in [0.29, 0.717) is 32.8 Å². The average molecular weight is 292 g/mol. The molecule has 0 fully saturated rings. The van der Waals surface area contributed by atoms with E-state index in [0.717, 1.165) is 11.3 Å². The van der Waals surface area contributed by atoms with Gasteiger partial charge in [0.2, 0.25) is 0 Å². The maximum absolute atomic E-state index is 8.65. The van der Waals surface area contributed by atoms with Crippen LogP contribution in [0.25, 0.3) is 0 Å². The zero-order valence-electron chi connectivity index (χ0n) is 12.8. The molecule has 0 radical (unpaired) electrons. The molecule has 4 nitrogen and oxygen atoms in total. The topological polar surface area (TPSA) is 47.9 Å². The van der Waals surface area contributed by atoms with Gasteiger partial charge in [0.25, 0.3) is 0 Å². The number of benzene rings is 1. The predicted octanol–water partition coefficient (Wildman–Crippen LogP) is 2.24. The Morgan fingerprint density at radius 3 is 2.62 bits per heavy atom. The van der Waals surface area contributed by atoms with Gasteiger partial charge in [0.05, 0.1) is 25.9 Å². The van der Waals surface area contributed by atoms with Gasteiger partial charge in [-0.05, 0) is 38.1 Å². The maximum Gasteiger partial charge on any atom is 0.119 e. The van der Waals surface area contributed by atoms with Crippen LogP contribution >= 0.6 is 0 Å². The molecule has 4 heteroatoms. The molecule has 0 heterocycles. The van der Waals surface area contributed by atoms with E-state index in [1.54, 1.807) is 0 Å². The molecule has 0 amide bonds. The first kappa shape index (κ1) is 17.5. The van der Waals surface area contributed by atoms with Crippen LogP contribution in [0.4, 0.5) is 0 Å². The van der Waals surface area contributed by atoms with E-state index in [1.165, 1.54) is 0 Å². The summed E-state index contributed by atoms with van der Waals surface area (Å²) in [5.41, 5.74) is 0.914. The van der Waals surface area contributed by atoms with E-state index in [-0.39, 0.29) is 12.7 Å². The molecule has 1 atom stereocenters. The van der Waals surface area contributed by atoms with E-state index in [4.69, 9.17) is 19.3 Å². The molecule has 0 saturated carbocycles. The highest BCUT2D eigenvalue weighted by Gasteiger charge is 2.01. The summed E-state index contributed by atoms with van der Waals surface area (Å²) in [4.78, 5) is 0. The van der Waals surface area contributed by atoms with Crippen molar-refractivity contribution in [2.24, 2.45) is 0 Å². The lowest BCUT2D eigenvalue weighted by atomic mass is 10.2. The summed E-state index contributed by atoms with van der Waals surface area (Å²) < 4.78 is 16.4. The molecular weight excluding hydrogens is 268 g/mol. The van der Waals surface area contributed by atoms with Gasteiger partial charge in [-0.1, -0.05) is 11.8 Å². The van der Waals surface area contributed by atoms with Crippen molar-refractivity contribution in [2.75, 3.05) is 33.0 Å². The Hall–Kier alpha value is -1.54. The second kappa shape index (κ2) is 11.2. The Kier molecular flexibility index (Phi) is 9.30. The van der Waals surface area contributed by atoms with Crippen molar-refractivity contribution in [2.45, 2.75) is 26.4 Å². The summed E-state index contributed by atoms with van der Waals surface area (Å²) in [6.07, 6.45) is 0.577. The normalized spacial score (nSPS) is 11.6. The Morgan fingerprint density at radius 1 is 1.19 bits per heavy atom. The Morgan fingerprint density at radius 2 is 1.95 bits per heavy atom. The highest BCUT2D eigenvalue weighted by molar-refractivity contribution is 5.38. The van der Waals surface area contributed by atoms with Crippen LogP contribution in [0, 0.1) is 11.8 Å². The van der Waals surface area contributed by atoms with Crippen LogP contribution in [-0.2, 0) is 9.47 Å². The first-order chi connectivity index (χ1) is 10.3. The van der Waals surface area contributed by atoms with Gasteiger partial charge in [0, 0.05) is 18.6 Å². The number of aliphatic hydroxyl groups excluding tert-OH is 1. The third kappa shape index (κ3) is 8.36. The van der Waals surface area contributed by atoms with Crippen LogP contribution in [0.15, 0.2) is 24.3 Å². The minimum absolute atomic E-state index is 0.0812. The molecular formula is C17H24O4. The molecule has 1 N–H and O–H groups in total. The summed E-state index contributed by atoms with van der Waals surface area (Å²) in [5, 5.41) is 8.65. The van der Waals surface area contributed by atoms with Crippen LogP contribution in [0.5, 0.6) is 5.75 Å². The zero-order chi connectivity index (χ0) is 15.3. The number of ether oxygens (including phenoxy) is 3. The molecule has 1 aromatic rings. The lowest BCUT2D eigenvalue weighted by Crippen LogP contribution is -2.19. The van der Waals surface area contributed by atoms with Crippen molar-refractivity contribution >= 4 is 0 Å². The molecule has 1 aromatic carbocycles. The van der Waals surface area contributed by atoms with Crippen LogP contribution < -0.4 is 4.74 Å². The largest absolute Gasteiger partial charge is 0.491 e. The molecule has 21 heavy (non-hydrogen) atoms. The summed E-state index contributed by atoms with van der Waals surface area (Å²) in [5.74, 6) is 6.65.